The Morgan fingerprint density at radius 3 is 2.88 bits per heavy atom. The number of nitrogens with zero attached hydrogens (tertiary/aromatic N) is 4. The quantitative estimate of drug-likeness (QED) is 0.839. The van der Waals surface area contributed by atoms with Crippen molar-refractivity contribution in [2.24, 2.45) is 11.7 Å². The van der Waals surface area contributed by atoms with E-state index in [-0.39, 0.29) is 5.92 Å². The second kappa shape index (κ2) is 4.57. The summed E-state index contributed by atoms with van der Waals surface area (Å²) in [6.07, 6.45) is 6.36. The zero-order valence-corrected chi connectivity index (χ0v) is 9.67. The Morgan fingerprint density at radius 1 is 1.38 bits per heavy atom. The van der Waals surface area contributed by atoms with Crippen LogP contribution in [0, 0.1) is 5.92 Å². The van der Waals surface area contributed by atoms with E-state index in [1.54, 1.807) is 12.4 Å². The van der Waals surface area contributed by atoms with E-state index in [1.165, 1.54) is 0 Å². The van der Waals surface area contributed by atoms with Crippen LogP contribution in [0.15, 0.2) is 18.6 Å². The highest BCUT2D eigenvalue weighted by Gasteiger charge is 2.17. The first-order valence-corrected chi connectivity index (χ1v) is 5.57. The number of nitrogens with two attached hydrogens (primary N) is 1. The summed E-state index contributed by atoms with van der Waals surface area (Å²) in [6.45, 7) is 4.97. The molecule has 2 aromatic rings. The molecule has 0 saturated carbocycles. The van der Waals surface area contributed by atoms with Gasteiger partial charge in [0.2, 0.25) is 0 Å². The molecule has 0 aliphatic rings. The maximum Gasteiger partial charge on any atom is 0.179 e. The van der Waals surface area contributed by atoms with Crippen molar-refractivity contribution in [3.05, 3.63) is 24.4 Å². The van der Waals surface area contributed by atoms with Gasteiger partial charge in [-0.15, -0.1) is 10.2 Å². The third-order valence-electron chi connectivity index (χ3n) is 2.65. The Hall–Kier alpha value is -1.49. The number of hydrogen-bond donors (Lipinski definition) is 1. The predicted molar refractivity (Wildman–Crippen MR) is 62.0 cm³/mol. The maximum absolute atomic E-state index is 5.81. The molecule has 1 unspecified atom stereocenters. The molecule has 2 heterocycles. The van der Waals surface area contributed by atoms with Gasteiger partial charge in [-0.25, -0.2) is 0 Å². The highest BCUT2D eigenvalue weighted by molar-refractivity contribution is 5.34. The standard InChI is InChI=1S/C11H17N5/c1-8(2)5-9(6-12)11-15-14-10-7-13-3-4-16(10)11/h3-4,7-9H,5-6,12H2,1-2H3. The highest BCUT2D eigenvalue weighted by Crippen LogP contribution is 2.21. The molecule has 0 spiro atoms. The molecule has 0 aliphatic carbocycles. The highest BCUT2D eigenvalue weighted by atomic mass is 15.3. The molecule has 16 heavy (non-hydrogen) atoms. The van der Waals surface area contributed by atoms with E-state index in [2.05, 4.69) is 29.0 Å². The van der Waals surface area contributed by atoms with E-state index >= 15 is 0 Å². The fourth-order valence-corrected chi connectivity index (χ4v) is 1.93. The van der Waals surface area contributed by atoms with E-state index in [0.717, 1.165) is 17.9 Å². The molecule has 5 nitrogen and oxygen atoms in total. The summed E-state index contributed by atoms with van der Waals surface area (Å²) in [5.74, 6) is 1.80. The molecule has 2 aromatic heterocycles. The van der Waals surface area contributed by atoms with Gasteiger partial charge in [-0.05, 0) is 12.3 Å². The SMILES string of the molecule is CC(C)CC(CN)c1nnc2cnccn12. The largest absolute Gasteiger partial charge is 0.330 e. The van der Waals surface area contributed by atoms with Crippen LogP contribution in [0.1, 0.15) is 32.0 Å². The second-order valence-electron chi connectivity index (χ2n) is 4.42. The van der Waals surface area contributed by atoms with Crippen molar-refractivity contribution >= 4 is 5.65 Å². The summed E-state index contributed by atoms with van der Waals surface area (Å²) in [5.41, 5.74) is 6.58. The molecule has 2 rings (SSSR count). The average molecular weight is 219 g/mol. The Balaban J connectivity index is 2.37. The van der Waals surface area contributed by atoms with Crippen molar-refractivity contribution in [2.75, 3.05) is 6.54 Å². The second-order valence-corrected chi connectivity index (χ2v) is 4.42. The summed E-state index contributed by atoms with van der Waals surface area (Å²) >= 11 is 0. The molecule has 0 amide bonds. The topological polar surface area (TPSA) is 69.1 Å². The lowest BCUT2D eigenvalue weighted by atomic mass is 9.96. The van der Waals surface area contributed by atoms with Gasteiger partial charge in [0.1, 0.15) is 5.82 Å². The first kappa shape index (κ1) is 11.0. The minimum Gasteiger partial charge on any atom is -0.330 e. The van der Waals surface area contributed by atoms with Crippen LogP contribution in [-0.4, -0.2) is 26.1 Å². The van der Waals surface area contributed by atoms with Crippen molar-refractivity contribution in [1.29, 1.82) is 0 Å². The molecule has 0 aromatic carbocycles. The fraction of sp³-hybridized carbons (Fsp3) is 0.545. The normalized spacial score (nSPS) is 13.5. The summed E-state index contributed by atoms with van der Waals surface area (Å²) < 4.78 is 1.97. The molecule has 5 heteroatoms. The van der Waals surface area contributed by atoms with Crippen LogP contribution in [-0.2, 0) is 0 Å². The molecule has 2 N–H and O–H groups in total. The Bertz CT molecular complexity index is 462. The van der Waals surface area contributed by atoms with E-state index in [0.29, 0.717) is 12.5 Å². The van der Waals surface area contributed by atoms with E-state index in [9.17, 15) is 0 Å². The average Bonchev–Trinajstić information content (AvgIpc) is 2.69. The first-order valence-electron chi connectivity index (χ1n) is 5.57. The van der Waals surface area contributed by atoms with Gasteiger partial charge in [0.05, 0.1) is 6.20 Å². The van der Waals surface area contributed by atoms with Crippen LogP contribution >= 0.6 is 0 Å². The van der Waals surface area contributed by atoms with Crippen molar-refractivity contribution in [2.45, 2.75) is 26.2 Å². The Labute approximate surface area is 94.7 Å². The van der Waals surface area contributed by atoms with Crippen LogP contribution in [0.4, 0.5) is 0 Å². The third-order valence-corrected chi connectivity index (χ3v) is 2.65. The molecule has 1 atom stereocenters. The van der Waals surface area contributed by atoms with Gasteiger partial charge < -0.3 is 5.73 Å². The minimum atomic E-state index is 0.261. The number of rotatable bonds is 4. The van der Waals surface area contributed by atoms with Crippen LogP contribution in [0.3, 0.4) is 0 Å². The van der Waals surface area contributed by atoms with Crippen molar-refractivity contribution in [3.63, 3.8) is 0 Å². The van der Waals surface area contributed by atoms with E-state index < -0.39 is 0 Å². The summed E-state index contributed by atoms with van der Waals surface area (Å²) in [6, 6.07) is 0. The van der Waals surface area contributed by atoms with Crippen LogP contribution < -0.4 is 5.73 Å². The number of hydrogen-bond acceptors (Lipinski definition) is 4. The van der Waals surface area contributed by atoms with E-state index in [4.69, 9.17) is 5.73 Å². The molecular weight excluding hydrogens is 202 g/mol. The van der Waals surface area contributed by atoms with Crippen LogP contribution in [0.25, 0.3) is 5.65 Å². The molecule has 0 aliphatic heterocycles. The van der Waals surface area contributed by atoms with Crippen LogP contribution in [0.5, 0.6) is 0 Å². The number of fused-ring (bicyclic) bond motifs is 1. The first-order chi connectivity index (χ1) is 7.72. The zero-order chi connectivity index (χ0) is 11.5. The zero-order valence-electron chi connectivity index (χ0n) is 9.67. The van der Waals surface area contributed by atoms with E-state index in [1.807, 2.05) is 10.6 Å². The molecule has 0 fully saturated rings. The summed E-state index contributed by atoms with van der Waals surface area (Å²) in [7, 11) is 0. The van der Waals surface area contributed by atoms with Gasteiger partial charge in [-0.1, -0.05) is 13.8 Å². The lowest BCUT2D eigenvalue weighted by molar-refractivity contribution is 0.485. The van der Waals surface area contributed by atoms with Gasteiger partial charge in [-0.2, -0.15) is 0 Å². The number of aromatic nitrogens is 4. The Kier molecular flexibility index (Phi) is 3.14. The van der Waals surface area contributed by atoms with Crippen molar-refractivity contribution in [1.82, 2.24) is 19.6 Å². The summed E-state index contributed by atoms with van der Waals surface area (Å²) in [4.78, 5) is 4.02. The smallest absolute Gasteiger partial charge is 0.179 e. The van der Waals surface area contributed by atoms with Gasteiger partial charge in [0.25, 0.3) is 0 Å². The van der Waals surface area contributed by atoms with Crippen molar-refractivity contribution in [3.8, 4) is 0 Å². The van der Waals surface area contributed by atoms with Crippen molar-refractivity contribution < 1.29 is 0 Å². The fourth-order valence-electron chi connectivity index (χ4n) is 1.93. The van der Waals surface area contributed by atoms with Crippen LogP contribution in [0.2, 0.25) is 0 Å². The lowest BCUT2D eigenvalue weighted by Gasteiger charge is -2.14. The maximum atomic E-state index is 5.81. The van der Waals surface area contributed by atoms with Gasteiger partial charge in [0.15, 0.2) is 5.65 Å². The molecule has 0 bridgehead atoms. The Morgan fingerprint density at radius 2 is 2.19 bits per heavy atom. The summed E-state index contributed by atoms with van der Waals surface area (Å²) in [5, 5.41) is 8.30. The minimum absolute atomic E-state index is 0.261. The molecular formula is C11H17N5. The molecule has 0 saturated heterocycles. The monoisotopic (exact) mass is 219 g/mol. The predicted octanol–water partition coefficient (Wildman–Crippen LogP) is 1.21. The lowest BCUT2D eigenvalue weighted by Crippen LogP contribution is -2.17. The third kappa shape index (κ3) is 2.04. The van der Waals surface area contributed by atoms with Gasteiger partial charge in [0, 0.05) is 24.9 Å². The van der Waals surface area contributed by atoms with Gasteiger partial charge in [-0.3, -0.25) is 9.38 Å². The molecule has 86 valence electrons. The molecule has 0 radical (unpaired) electrons. The van der Waals surface area contributed by atoms with Gasteiger partial charge >= 0.3 is 0 Å².